The Labute approximate surface area is 421 Å². The zero-order chi connectivity index (χ0) is 54.4. The monoisotopic (exact) mass is 1030 g/mol. The smallest absolute Gasteiger partial charge is 0.336 e. The van der Waals surface area contributed by atoms with E-state index in [0.29, 0.717) is 52.2 Å². The number of rotatable bonds is 24. The Morgan fingerprint density at radius 3 is 0.903 bits per heavy atom. The van der Waals surface area contributed by atoms with Crippen molar-refractivity contribution in [2.45, 2.75) is 230 Å². The second kappa shape index (κ2) is 24.3. The van der Waals surface area contributed by atoms with Crippen LogP contribution < -0.4 is 17.1 Å². The maximum atomic E-state index is 13.7. The van der Waals surface area contributed by atoms with Crippen LogP contribution in [-0.2, 0) is 67.6 Å². The van der Waals surface area contributed by atoms with E-state index in [2.05, 4.69) is 0 Å². The molecule has 72 heavy (non-hydrogen) atoms. The molecule has 4 heterocycles. The van der Waals surface area contributed by atoms with Crippen LogP contribution in [0.3, 0.4) is 0 Å². The molecule has 3 aliphatic rings. The molecule has 1 aromatic heterocycles. The Bertz CT molecular complexity index is 1860. The molecule has 3 aliphatic heterocycles. The summed E-state index contributed by atoms with van der Waals surface area (Å²) in [5.74, 6) is -2.74. The number of aliphatic hydroxyl groups excluding tert-OH is 3. The molecule has 24 nitrogen and oxygen atoms in total. The predicted molar refractivity (Wildman–Crippen MR) is 255 cm³/mol. The number of nitrogens with zero attached hydrogens (tertiary/aromatic N) is 6. The molecule has 1 aromatic rings. The lowest BCUT2D eigenvalue weighted by atomic mass is 9.80. The highest BCUT2D eigenvalue weighted by molar-refractivity contribution is 5.70. The van der Waals surface area contributed by atoms with Gasteiger partial charge in [0.25, 0.3) is 0 Å². The van der Waals surface area contributed by atoms with Gasteiger partial charge in [-0.1, -0.05) is 0 Å². The van der Waals surface area contributed by atoms with E-state index >= 15 is 0 Å². The fraction of sp³-hybridized carbons (Fsp3) is 0.875. The van der Waals surface area contributed by atoms with Crippen molar-refractivity contribution in [2.75, 3.05) is 39.6 Å². The molecule has 0 aliphatic carbocycles. The van der Waals surface area contributed by atoms with E-state index in [0.717, 1.165) is 5.06 Å². The van der Waals surface area contributed by atoms with Crippen molar-refractivity contribution in [1.29, 1.82) is 0 Å². The summed E-state index contributed by atoms with van der Waals surface area (Å²) in [6.07, 6.45) is -3.66. The molecule has 1 radical (unpaired) electrons. The number of aromatic nitrogens is 3. The fourth-order valence-corrected chi connectivity index (χ4v) is 10.4. The highest BCUT2D eigenvalue weighted by atomic mass is 16.6. The third-order valence-corrected chi connectivity index (χ3v) is 13.6. The van der Waals surface area contributed by atoms with E-state index in [9.17, 15) is 59.7 Å². The maximum Gasteiger partial charge on any atom is 0.336 e. The van der Waals surface area contributed by atoms with Gasteiger partial charge < -0.3 is 54.2 Å². The van der Waals surface area contributed by atoms with E-state index in [1.165, 1.54) is 10.1 Å². The first-order valence-corrected chi connectivity index (χ1v) is 24.8. The molecular formula is C48H83N6O18. The van der Waals surface area contributed by atoms with Crippen molar-refractivity contribution in [3.05, 3.63) is 31.5 Å². The summed E-state index contributed by atoms with van der Waals surface area (Å²) in [6, 6.07) is 0. The zero-order valence-corrected chi connectivity index (χ0v) is 44.4. The summed E-state index contributed by atoms with van der Waals surface area (Å²) in [5, 5.41) is 69.2. The minimum absolute atomic E-state index is 0.184. The average Bonchev–Trinajstić information content (AvgIpc) is 3.26. The minimum Gasteiger partial charge on any atom is -0.463 e. The molecule has 413 valence electrons. The summed E-state index contributed by atoms with van der Waals surface area (Å²) in [4.78, 5) is 79.7. The second-order valence-corrected chi connectivity index (χ2v) is 23.4. The highest BCUT2D eigenvalue weighted by Gasteiger charge is 2.48. The van der Waals surface area contributed by atoms with Gasteiger partial charge in [0.1, 0.15) is 38.1 Å². The fourth-order valence-electron chi connectivity index (χ4n) is 10.4. The molecule has 3 unspecified atom stereocenters. The van der Waals surface area contributed by atoms with E-state index < -0.39 is 145 Å². The number of ether oxygens (including phenoxy) is 6. The first-order valence-electron chi connectivity index (χ1n) is 24.8. The van der Waals surface area contributed by atoms with Crippen LogP contribution in [0.4, 0.5) is 0 Å². The van der Waals surface area contributed by atoms with Crippen molar-refractivity contribution >= 4 is 17.9 Å². The van der Waals surface area contributed by atoms with E-state index in [1.807, 2.05) is 55.4 Å². The van der Waals surface area contributed by atoms with Crippen LogP contribution in [-0.4, -0.2) is 182 Å². The third-order valence-electron chi connectivity index (χ3n) is 13.6. The third kappa shape index (κ3) is 16.4. The van der Waals surface area contributed by atoms with E-state index in [1.54, 1.807) is 27.7 Å². The Kier molecular flexibility index (Phi) is 20.6. The number of piperidine rings is 3. The molecule has 0 amide bonds. The lowest BCUT2D eigenvalue weighted by Crippen LogP contribution is -2.60. The van der Waals surface area contributed by atoms with Crippen molar-refractivity contribution in [3.8, 4) is 0 Å². The van der Waals surface area contributed by atoms with Crippen molar-refractivity contribution < 1.29 is 73.7 Å². The summed E-state index contributed by atoms with van der Waals surface area (Å²) < 4.78 is 35.0. The summed E-state index contributed by atoms with van der Waals surface area (Å²) >= 11 is 0. The maximum absolute atomic E-state index is 13.7. The molecule has 0 bridgehead atoms. The average molecular weight is 1030 g/mol. The molecule has 5 N–H and O–H groups in total. The number of carbonyl (C=O) groups is 3. The normalized spacial score (nSPS) is 22.8. The van der Waals surface area contributed by atoms with Gasteiger partial charge in [0.2, 0.25) is 0 Å². The van der Waals surface area contributed by atoms with Gasteiger partial charge in [0, 0.05) is 52.9 Å². The van der Waals surface area contributed by atoms with Gasteiger partial charge in [-0.05, 0) is 122 Å². The molecule has 0 saturated carbocycles. The predicted octanol–water partition coefficient (Wildman–Crippen LogP) is 1.29. The van der Waals surface area contributed by atoms with Gasteiger partial charge >= 0.3 is 35.0 Å². The highest BCUT2D eigenvalue weighted by Crippen LogP contribution is 2.40. The molecule has 3 fully saturated rings. The summed E-state index contributed by atoms with van der Waals surface area (Å²) in [6.45, 7) is 18.3. The van der Waals surface area contributed by atoms with Gasteiger partial charge in [-0.2, -0.15) is 10.1 Å². The van der Waals surface area contributed by atoms with Crippen LogP contribution in [0.1, 0.15) is 141 Å². The zero-order valence-electron chi connectivity index (χ0n) is 44.4. The van der Waals surface area contributed by atoms with Crippen molar-refractivity contribution in [3.63, 3.8) is 0 Å². The number of carbonyl (C=O) groups excluding carboxylic acids is 3. The van der Waals surface area contributed by atoms with Gasteiger partial charge in [0.15, 0.2) is 0 Å². The summed E-state index contributed by atoms with van der Waals surface area (Å²) in [7, 11) is 0. The van der Waals surface area contributed by atoms with Crippen molar-refractivity contribution in [2.24, 2.45) is 0 Å². The van der Waals surface area contributed by atoms with Crippen LogP contribution in [0.15, 0.2) is 14.4 Å². The van der Waals surface area contributed by atoms with E-state index in [4.69, 9.17) is 28.4 Å². The lowest BCUT2D eigenvalue weighted by Gasteiger charge is -2.51. The summed E-state index contributed by atoms with van der Waals surface area (Å²) in [5.41, 5.74) is -7.34. The SMILES string of the molecule is CC1(C)CC(OCC(O)COC(=O)CCn2c(=O)n(CCC(=O)OCC(O)COC3CC(C)(C)N(O)C(C)(C)C3)c(=O)n(CCC(=O)OCC(O)COC3CC(C)(C)N(O)C(C)(C)C3)c2=O)CC(C)(C)N1[O]. The molecule has 0 spiro atoms. The van der Waals surface area contributed by atoms with Crippen LogP contribution in [0.25, 0.3) is 0 Å². The molecule has 3 saturated heterocycles. The van der Waals surface area contributed by atoms with Gasteiger partial charge in [-0.15, -0.1) is 10.3 Å². The first-order chi connectivity index (χ1) is 33.1. The van der Waals surface area contributed by atoms with Gasteiger partial charge in [-0.25, -0.2) is 28.1 Å². The van der Waals surface area contributed by atoms with Crippen LogP contribution in [0.5, 0.6) is 0 Å². The number of hydrogen-bond donors (Lipinski definition) is 5. The Morgan fingerprint density at radius 2 is 0.667 bits per heavy atom. The molecule has 4 rings (SSSR count). The minimum atomic E-state index is -1.25. The van der Waals surface area contributed by atoms with Crippen LogP contribution >= 0.6 is 0 Å². The Balaban J connectivity index is 1.37. The number of esters is 3. The van der Waals surface area contributed by atoms with Crippen molar-refractivity contribution in [1.82, 2.24) is 28.9 Å². The molecule has 0 aromatic carbocycles. The van der Waals surface area contributed by atoms with Crippen LogP contribution in [0, 0.1) is 0 Å². The van der Waals surface area contributed by atoms with Gasteiger partial charge in [0.05, 0.1) is 57.4 Å². The topological polar surface area (TPSA) is 303 Å². The van der Waals surface area contributed by atoms with E-state index in [-0.39, 0.29) is 38.1 Å². The molecule has 24 heteroatoms. The first kappa shape index (κ1) is 60.9. The number of aliphatic hydroxyl groups is 3. The standard InChI is InChI=1S/C48H83N6O18/c1-43(2)19-34(20-44(3,4)52(43)64)67-25-31(55)28-70-37(58)13-16-49-40(61)50(17-14-38(59)71-29-32(56)26-68-35-21-45(5,6)53(65)46(7,8)22-35)42(63)51(41(49)62)18-15-39(60)72-30-33(57)27-69-36-23-47(9,10)54(66)48(11,12)24-36/h31-36,55-57,64-65H,13-30H2,1-12H3. The number of hydrogen-bond acceptors (Lipinski definition) is 20. The second-order valence-electron chi connectivity index (χ2n) is 23.4. The molecular weight excluding hydrogens is 949 g/mol. The lowest BCUT2D eigenvalue weighted by molar-refractivity contribution is -0.302. The molecule has 3 atom stereocenters. The number of hydroxylamine groups is 6. The quantitative estimate of drug-likeness (QED) is 0.0720. The Morgan fingerprint density at radius 1 is 0.444 bits per heavy atom. The van der Waals surface area contributed by atoms with Crippen LogP contribution in [0.2, 0.25) is 0 Å². The Hall–Kier alpha value is -3.66. The largest absolute Gasteiger partial charge is 0.463 e. The van der Waals surface area contributed by atoms with Gasteiger partial charge in [-0.3, -0.25) is 14.4 Å².